The summed E-state index contributed by atoms with van der Waals surface area (Å²) in [6.45, 7) is 1.36. The molecule has 3 amide bonds. The number of nitrogens with zero attached hydrogens (tertiary/aromatic N) is 1. The molecular formula is C26H28ClF4N3O4S. The van der Waals surface area contributed by atoms with E-state index in [2.05, 4.69) is 10.6 Å². The van der Waals surface area contributed by atoms with Crippen LogP contribution in [0.2, 0.25) is 5.02 Å². The Hall–Kier alpha value is -2.99. The standard InChI is InChI=1S/C26H28ClF4N3O4S/c1-16(25(37)33-18-5-3-2-4-6-18)34(20-11-12-22(27)21(13-20)26(29,30)31)24(36)15-39(38)14-23(35)32-19-9-7-17(28)8-10-19/h7-13,16,18H,2-6,14-15H2,1H3,(H,32,35)(H,33,37)/t16-,39-/m1/s1. The van der Waals surface area contributed by atoms with Crippen molar-refractivity contribution in [2.24, 2.45) is 0 Å². The highest BCUT2D eigenvalue weighted by Gasteiger charge is 2.36. The molecule has 212 valence electrons. The lowest BCUT2D eigenvalue weighted by molar-refractivity contribution is -0.137. The van der Waals surface area contributed by atoms with Crippen LogP contribution in [0.1, 0.15) is 44.6 Å². The first-order valence-corrected chi connectivity index (χ1v) is 14.1. The number of halogens is 5. The molecular weight excluding hydrogens is 562 g/mol. The van der Waals surface area contributed by atoms with Crippen LogP contribution in [0.3, 0.4) is 0 Å². The lowest BCUT2D eigenvalue weighted by Crippen LogP contribution is -2.52. The normalized spacial score (nSPS) is 15.7. The summed E-state index contributed by atoms with van der Waals surface area (Å²) in [6.07, 6.45) is -0.438. The molecule has 0 aliphatic heterocycles. The van der Waals surface area contributed by atoms with Gasteiger partial charge in [-0.05, 0) is 62.2 Å². The fourth-order valence-corrected chi connectivity index (χ4v) is 5.39. The Labute approximate surface area is 230 Å². The van der Waals surface area contributed by atoms with Crippen LogP contribution in [0.15, 0.2) is 42.5 Å². The van der Waals surface area contributed by atoms with E-state index in [9.17, 15) is 36.2 Å². The number of rotatable bonds is 9. The molecule has 2 aromatic carbocycles. The van der Waals surface area contributed by atoms with Crippen molar-refractivity contribution >= 4 is 51.5 Å². The van der Waals surface area contributed by atoms with Gasteiger partial charge in [0.15, 0.2) is 0 Å². The van der Waals surface area contributed by atoms with Crippen LogP contribution in [0.5, 0.6) is 0 Å². The van der Waals surface area contributed by atoms with Gasteiger partial charge in [0.25, 0.3) is 0 Å². The number of anilines is 2. The van der Waals surface area contributed by atoms with Crippen molar-refractivity contribution in [3.8, 4) is 0 Å². The van der Waals surface area contributed by atoms with Crippen LogP contribution < -0.4 is 15.5 Å². The van der Waals surface area contributed by atoms with Crippen molar-refractivity contribution in [1.82, 2.24) is 5.32 Å². The number of carbonyl (C=O) groups excluding carboxylic acids is 3. The van der Waals surface area contributed by atoms with Gasteiger partial charge in [-0.2, -0.15) is 13.2 Å². The number of alkyl halides is 3. The van der Waals surface area contributed by atoms with Crippen molar-refractivity contribution in [2.45, 2.75) is 57.3 Å². The molecule has 1 aliphatic carbocycles. The van der Waals surface area contributed by atoms with E-state index in [0.29, 0.717) is 6.07 Å². The Morgan fingerprint density at radius 3 is 2.31 bits per heavy atom. The Kier molecular flexibility index (Phi) is 10.5. The van der Waals surface area contributed by atoms with Gasteiger partial charge in [0.2, 0.25) is 17.7 Å². The maximum absolute atomic E-state index is 13.5. The first-order valence-electron chi connectivity index (χ1n) is 12.2. The smallest absolute Gasteiger partial charge is 0.352 e. The molecule has 1 aliphatic rings. The van der Waals surface area contributed by atoms with Gasteiger partial charge < -0.3 is 10.6 Å². The van der Waals surface area contributed by atoms with Crippen molar-refractivity contribution in [2.75, 3.05) is 21.7 Å². The Balaban J connectivity index is 1.79. The topological polar surface area (TPSA) is 95.6 Å². The zero-order chi connectivity index (χ0) is 28.7. The zero-order valence-electron chi connectivity index (χ0n) is 21.0. The quantitative estimate of drug-likeness (QED) is 0.400. The maximum Gasteiger partial charge on any atom is 0.417 e. The minimum absolute atomic E-state index is 0.120. The molecule has 0 saturated heterocycles. The summed E-state index contributed by atoms with van der Waals surface area (Å²) in [5.74, 6) is -4.05. The molecule has 0 bridgehead atoms. The number of benzene rings is 2. The Morgan fingerprint density at radius 1 is 1.05 bits per heavy atom. The number of hydrogen-bond acceptors (Lipinski definition) is 4. The van der Waals surface area contributed by atoms with Crippen molar-refractivity contribution < 1.29 is 36.2 Å². The minimum atomic E-state index is -4.82. The summed E-state index contributed by atoms with van der Waals surface area (Å²) in [7, 11) is -2.07. The van der Waals surface area contributed by atoms with E-state index >= 15 is 0 Å². The molecule has 0 radical (unpaired) electrons. The molecule has 0 heterocycles. The highest BCUT2D eigenvalue weighted by Crippen LogP contribution is 2.37. The molecule has 3 rings (SSSR count). The molecule has 1 saturated carbocycles. The van der Waals surface area contributed by atoms with Crippen LogP contribution in [0, 0.1) is 5.82 Å². The molecule has 1 fully saturated rings. The SMILES string of the molecule is C[C@H](C(=O)NC1CCCCC1)N(C(=O)C[S@](=O)CC(=O)Nc1ccc(F)cc1)c1ccc(Cl)c(C(F)(F)F)c1. The van der Waals surface area contributed by atoms with Crippen molar-refractivity contribution in [1.29, 1.82) is 0 Å². The van der Waals surface area contributed by atoms with Gasteiger partial charge in [-0.25, -0.2) is 4.39 Å². The average Bonchev–Trinajstić information content (AvgIpc) is 2.86. The predicted molar refractivity (Wildman–Crippen MR) is 141 cm³/mol. The number of carbonyl (C=O) groups is 3. The second-order valence-electron chi connectivity index (χ2n) is 9.23. The van der Waals surface area contributed by atoms with Crippen molar-refractivity contribution in [3.05, 3.63) is 58.9 Å². The van der Waals surface area contributed by atoms with E-state index in [4.69, 9.17) is 11.6 Å². The summed E-state index contributed by atoms with van der Waals surface area (Å²) in [5.41, 5.74) is -1.20. The highest BCUT2D eigenvalue weighted by molar-refractivity contribution is 7.86. The average molecular weight is 590 g/mol. The maximum atomic E-state index is 13.5. The van der Waals surface area contributed by atoms with Crippen LogP contribution in [-0.4, -0.2) is 45.5 Å². The Bertz CT molecular complexity index is 1220. The molecule has 0 aromatic heterocycles. The van der Waals surface area contributed by atoms with E-state index in [0.717, 1.165) is 55.2 Å². The van der Waals surface area contributed by atoms with Crippen LogP contribution in [0.25, 0.3) is 0 Å². The van der Waals surface area contributed by atoms with Crippen LogP contribution in [0.4, 0.5) is 28.9 Å². The number of hydrogen-bond donors (Lipinski definition) is 2. The lowest BCUT2D eigenvalue weighted by Gasteiger charge is -2.31. The number of amides is 3. The van der Waals surface area contributed by atoms with Gasteiger partial charge in [-0.3, -0.25) is 23.5 Å². The second kappa shape index (κ2) is 13.4. The van der Waals surface area contributed by atoms with E-state index < -0.39 is 68.6 Å². The van der Waals surface area contributed by atoms with E-state index in [1.165, 1.54) is 25.1 Å². The first kappa shape index (κ1) is 30.6. The van der Waals surface area contributed by atoms with E-state index in [-0.39, 0.29) is 17.4 Å². The van der Waals surface area contributed by atoms with E-state index in [1.54, 1.807) is 0 Å². The first-order chi connectivity index (χ1) is 18.3. The van der Waals surface area contributed by atoms with Crippen LogP contribution in [-0.2, 0) is 31.4 Å². The Morgan fingerprint density at radius 2 is 1.69 bits per heavy atom. The second-order valence-corrected chi connectivity index (χ2v) is 11.1. The molecule has 0 unspecified atom stereocenters. The van der Waals surface area contributed by atoms with Gasteiger partial charge >= 0.3 is 6.18 Å². The van der Waals surface area contributed by atoms with Crippen molar-refractivity contribution in [3.63, 3.8) is 0 Å². The van der Waals surface area contributed by atoms with Gasteiger partial charge in [0, 0.05) is 28.2 Å². The van der Waals surface area contributed by atoms with Gasteiger partial charge in [-0.15, -0.1) is 0 Å². The third-order valence-corrected chi connectivity index (χ3v) is 7.71. The molecule has 2 atom stereocenters. The molecule has 13 heteroatoms. The molecule has 0 spiro atoms. The monoisotopic (exact) mass is 589 g/mol. The van der Waals surface area contributed by atoms with Gasteiger partial charge in [-0.1, -0.05) is 30.9 Å². The summed E-state index contributed by atoms with van der Waals surface area (Å²) in [5, 5.41) is 4.69. The number of nitrogens with one attached hydrogen (secondary N) is 2. The summed E-state index contributed by atoms with van der Waals surface area (Å²) in [4.78, 5) is 39.4. The zero-order valence-corrected chi connectivity index (χ0v) is 22.6. The minimum Gasteiger partial charge on any atom is -0.352 e. The summed E-state index contributed by atoms with van der Waals surface area (Å²) in [6, 6.07) is 6.28. The van der Waals surface area contributed by atoms with Gasteiger partial charge in [0.05, 0.1) is 10.6 Å². The van der Waals surface area contributed by atoms with Crippen LogP contribution >= 0.6 is 11.6 Å². The third-order valence-electron chi connectivity index (χ3n) is 6.23. The fraction of sp³-hybridized carbons (Fsp3) is 0.423. The molecule has 2 N–H and O–H groups in total. The predicted octanol–water partition coefficient (Wildman–Crippen LogP) is 5.06. The summed E-state index contributed by atoms with van der Waals surface area (Å²) < 4.78 is 66.3. The molecule has 2 aromatic rings. The third kappa shape index (κ3) is 8.76. The highest BCUT2D eigenvalue weighted by atomic mass is 35.5. The van der Waals surface area contributed by atoms with E-state index in [1.807, 2.05) is 0 Å². The fourth-order valence-electron chi connectivity index (χ4n) is 4.28. The molecule has 7 nitrogen and oxygen atoms in total. The molecule has 39 heavy (non-hydrogen) atoms. The lowest BCUT2D eigenvalue weighted by atomic mass is 9.95. The summed E-state index contributed by atoms with van der Waals surface area (Å²) >= 11 is 5.74. The van der Waals surface area contributed by atoms with Gasteiger partial charge in [0.1, 0.15) is 23.4 Å². The largest absolute Gasteiger partial charge is 0.417 e.